The van der Waals surface area contributed by atoms with Gasteiger partial charge in [-0.15, -0.1) is 0 Å². The molecule has 2 aromatic rings. The molecule has 1 aliphatic heterocycles. The zero-order valence-electron chi connectivity index (χ0n) is 16.5. The van der Waals surface area contributed by atoms with E-state index in [0.717, 1.165) is 32.7 Å². The molecule has 148 valence electrons. The van der Waals surface area contributed by atoms with E-state index in [4.69, 9.17) is 4.74 Å². The maximum atomic E-state index is 13.0. The number of nitrogens with zero attached hydrogens (tertiary/aromatic N) is 3. The highest BCUT2D eigenvalue weighted by molar-refractivity contribution is 9.10. The summed E-state index contributed by atoms with van der Waals surface area (Å²) in [6.45, 7) is 4.66. The number of ether oxygens (including phenoxy) is 1. The number of amides is 2. The number of aryl methyl sites for hydroxylation is 1. The van der Waals surface area contributed by atoms with E-state index in [1.54, 1.807) is 30.2 Å². The van der Waals surface area contributed by atoms with Gasteiger partial charge in [-0.2, -0.15) is 0 Å². The minimum Gasteiger partial charge on any atom is -0.496 e. The van der Waals surface area contributed by atoms with Gasteiger partial charge < -0.3 is 14.5 Å². The number of halogens is 1. The molecule has 3 rings (SSSR count). The molecule has 0 radical (unpaired) electrons. The van der Waals surface area contributed by atoms with Crippen molar-refractivity contribution in [2.24, 2.45) is 5.92 Å². The predicted octanol–water partition coefficient (Wildman–Crippen LogP) is 3.48. The van der Waals surface area contributed by atoms with E-state index in [0.29, 0.717) is 13.1 Å². The summed E-state index contributed by atoms with van der Waals surface area (Å²) in [5.41, 5.74) is 3.49. The number of hydrogen-bond acceptors (Lipinski definition) is 4. The van der Waals surface area contributed by atoms with Gasteiger partial charge in [-0.05, 0) is 32.0 Å². The van der Waals surface area contributed by atoms with Crippen LogP contribution in [0, 0.1) is 19.8 Å². The lowest BCUT2D eigenvalue weighted by molar-refractivity contribution is -0.135. The molecule has 1 fully saturated rings. The molecular weight excluding hydrogens is 422 g/mol. The van der Waals surface area contributed by atoms with Crippen LogP contribution in [0.3, 0.4) is 0 Å². The van der Waals surface area contributed by atoms with Crippen LogP contribution in [0.15, 0.2) is 34.9 Å². The van der Waals surface area contributed by atoms with Crippen molar-refractivity contribution in [2.45, 2.75) is 26.8 Å². The van der Waals surface area contributed by atoms with Crippen molar-refractivity contribution in [3.05, 3.63) is 51.8 Å². The maximum Gasteiger partial charge on any atom is 0.228 e. The molecule has 0 aliphatic carbocycles. The van der Waals surface area contributed by atoms with Crippen LogP contribution in [0.25, 0.3) is 0 Å². The topological polar surface area (TPSA) is 62.7 Å². The number of benzene rings is 1. The highest BCUT2D eigenvalue weighted by atomic mass is 79.9. The second-order valence-electron chi connectivity index (χ2n) is 7.13. The van der Waals surface area contributed by atoms with Crippen LogP contribution in [-0.2, 0) is 16.1 Å². The highest BCUT2D eigenvalue weighted by Gasteiger charge is 2.36. The Hall–Kier alpha value is -2.41. The van der Waals surface area contributed by atoms with Gasteiger partial charge in [0.1, 0.15) is 5.75 Å². The fraction of sp³-hybridized carbons (Fsp3) is 0.381. The Kier molecular flexibility index (Phi) is 6.03. The summed E-state index contributed by atoms with van der Waals surface area (Å²) in [5, 5.41) is 0. The minimum absolute atomic E-state index is 0.0313. The molecule has 1 aliphatic rings. The number of rotatable bonds is 5. The second kappa shape index (κ2) is 8.31. The second-order valence-corrected chi connectivity index (χ2v) is 8.04. The minimum atomic E-state index is -0.357. The molecule has 1 unspecified atom stereocenters. The smallest absolute Gasteiger partial charge is 0.228 e. The molecule has 1 atom stereocenters. The summed E-state index contributed by atoms with van der Waals surface area (Å²) in [6.07, 6.45) is 1.98. The van der Waals surface area contributed by atoms with Crippen LogP contribution >= 0.6 is 15.9 Å². The summed E-state index contributed by atoms with van der Waals surface area (Å²) in [6, 6.07) is 7.56. The summed E-state index contributed by atoms with van der Waals surface area (Å²) in [4.78, 5) is 33.2. The van der Waals surface area contributed by atoms with Gasteiger partial charge in [0, 0.05) is 47.5 Å². The molecule has 6 nitrogen and oxygen atoms in total. The Balaban J connectivity index is 1.72. The molecule has 1 aromatic carbocycles. The molecule has 0 saturated carbocycles. The summed E-state index contributed by atoms with van der Waals surface area (Å²) >= 11 is 3.43. The van der Waals surface area contributed by atoms with Crippen LogP contribution in [0.5, 0.6) is 5.75 Å². The molecular formula is C21H24BrN3O3. The largest absolute Gasteiger partial charge is 0.496 e. The fourth-order valence-electron chi connectivity index (χ4n) is 3.61. The van der Waals surface area contributed by atoms with Gasteiger partial charge in [-0.1, -0.05) is 22.0 Å². The number of carbonyl (C=O) groups excluding carboxylic acids is 2. The van der Waals surface area contributed by atoms with Crippen LogP contribution in [-0.4, -0.2) is 42.4 Å². The van der Waals surface area contributed by atoms with Crippen molar-refractivity contribution in [1.29, 1.82) is 0 Å². The molecule has 0 N–H and O–H groups in total. The van der Waals surface area contributed by atoms with Gasteiger partial charge in [0.15, 0.2) is 0 Å². The van der Waals surface area contributed by atoms with Crippen LogP contribution < -0.4 is 9.64 Å². The van der Waals surface area contributed by atoms with E-state index in [9.17, 15) is 9.59 Å². The first-order valence-corrected chi connectivity index (χ1v) is 9.91. The van der Waals surface area contributed by atoms with Gasteiger partial charge in [0.2, 0.25) is 11.8 Å². The van der Waals surface area contributed by atoms with Gasteiger partial charge >= 0.3 is 0 Å². The average Bonchev–Trinajstić information content (AvgIpc) is 3.05. The Labute approximate surface area is 173 Å². The number of aromatic nitrogens is 1. The molecule has 0 bridgehead atoms. The summed E-state index contributed by atoms with van der Waals surface area (Å²) < 4.78 is 6.35. The third-order valence-electron chi connectivity index (χ3n) is 5.11. The lowest BCUT2D eigenvalue weighted by atomic mass is 10.1. The third kappa shape index (κ3) is 4.04. The zero-order valence-corrected chi connectivity index (χ0v) is 18.1. The SMILES string of the molecule is COc1c(C)cnc(CN(C)C(=O)C2CC(=O)N(c3cccc(Br)c3)C2)c1C. The van der Waals surface area contributed by atoms with E-state index >= 15 is 0 Å². The van der Waals surface area contributed by atoms with E-state index in [-0.39, 0.29) is 24.2 Å². The molecule has 2 heterocycles. The van der Waals surface area contributed by atoms with Crippen molar-refractivity contribution in [2.75, 3.05) is 25.6 Å². The van der Waals surface area contributed by atoms with E-state index in [2.05, 4.69) is 20.9 Å². The Morgan fingerprint density at radius 1 is 1.39 bits per heavy atom. The average molecular weight is 446 g/mol. The molecule has 0 spiro atoms. The first-order chi connectivity index (χ1) is 13.3. The van der Waals surface area contributed by atoms with Crippen LogP contribution in [0.4, 0.5) is 5.69 Å². The standard InChI is InChI=1S/C21H24BrN3O3/c1-13-10-23-18(14(2)20(13)28-4)12-24(3)21(27)15-8-19(26)25(11-15)17-7-5-6-16(22)9-17/h5-7,9-10,15H,8,11-12H2,1-4H3. The van der Waals surface area contributed by atoms with E-state index in [1.807, 2.05) is 38.1 Å². The quantitative estimate of drug-likeness (QED) is 0.706. The lowest BCUT2D eigenvalue weighted by Gasteiger charge is -2.22. The van der Waals surface area contributed by atoms with E-state index < -0.39 is 0 Å². The maximum absolute atomic E-state index is 13.0. The van der Waals surface area contributed by atoms with E-state index in [1.165, 1.54) is 0 Å². The lowest BCUT2D eigenvalue weighted by Crippen LogP contribution is -2.34. The number of pyridine rings is 1. The van der Waals surface area contributed by atoms with Crippen LogP contribution in [0.1, 0.15) is 23.2 Å². The van der Waals surface area contributed by atoms with Gasteiger partial charge in [-0.25, -0.2) is 0 Å². The summed E-state index contributed by atoms with van der Waals surface area (Å²) in [5.74, 6) is 0.356. The van der Waals surface area contributed by atoms with Gasteiger partial charge in [0.05, 0.1) is 25.3 Å². The fourth-order valence-corrected chi connectivity index (χ4v) is 4.00. The third-order valence-corrected chi connectivity index (χ3v) is 5.60. The number of carbonyl (C=O) groups is 2. The number of methoxy groups -OCH3 is 1. The van der Waals surface area contributed by atoms with Crippen molar-refractivity contribution < 1.29 is 14.3 Å². The zero-order chi connectivity index (χ0) is 20.4. The van der Waals surface area contributed by atoms with Crippen LogP contribution in [0.2, 0.25) is 0 Å². The molecule has 1 saturated heterocycles. The molecule has 7 heteroatoms. The van der Waals surface area contributed by atoms with Gasteiger partial charge in [-0.3, -0.25) is 14.6 Å². The summed E-state index contributed by atoms with van der Waals surface area (Å²) in [7, 11) is 3.39. The normalized spacial score (nSPS) is 16.4. The predicted molar refractivity (Wildman–Crippen MR) is 111 cm³/mol. The Bertz CT molecular complexity index is 916. The van der Waals surface area contributed by atoms with Crippen molar-refractivity contribution in [3.8, 4) is 5.75 Å². The molecule has 2 amide bonds. The Morgan fingerprint density at radius 3 is 2.82 bits per heavy atom. The monoisotopic (exact) mass is 445 g/mol. The molecule has 28 heavy (non-hydrogen) atoms. The van der Waals surface area contributed by atoms with Crippen molar-refractivity contribution in [3.63, 3.8) is 0 Å². The number of anilines is 1. The van der Waals surface area contributed by atoms with Crippen molar-refractivity contribution >= 4 is 33.4 Å². The number of hydrogen-bond donors (Lipinski definition) is 0. The first-order valence-electron chi connectivity index (χ1n) is 9.11. The first kappa shape index (κ1) is 20.3. The Morgan fingerprint density at radius 2 is 2.14 bits per heavy atom. The highest BCUT2D eigenvalue weighted by Crippen LogP contribution is 2.29. The van der Waals surface area contributed by atoms with Crippen molar-refractivity contribution in [1.82, 2.24) is 9.88 Å². The van der Waals surface area contributed by atoms with Gasteiger partial charge in [0.25, 0.3) is 0 Å². The molecule has 1 aromatic heterocycles.